The summed E-state index contributed by atoms with van der Waals surface area (Å²) in [5.41, 5.74) is 0.689. The highest BCUT2D eigenvalue weighted by Gasteiger charge is 2.23. The average Bonchev–Trinajstić information content (AvgIpc) is 2.51. The van der Waals surface area contributed by atoms with E-state index in [0.717, 1.165) is 5.01 Å². The standard InChI is InChI=1S/C14H16ClN3O4/c1-18-13(19)5-4-9(17-18)14(20)16-10-7-11(21-2)8(15)6-12(10)22-3/h6-7H,4-5H2,1-3H3,(H,16,20). The highest BCUT2D eigenvalue weighted by Crippen LogP contribution is 2.35. The second kappa shape index (κ2) is 6.65. The summed E-state index contributed by atoms with van der Waals surface area (Å²) in [6.45, 7) is 0. The molecule has 22 heavy (non-hydrogen) atoms. The van der Waals surface area contributed by atoms with Crippen molar-refractivity contribution in [3.63, 3.8) is 0 Å². The number of methoxy groups -OCH3 is 2. The number of ether oxygens (including phenoxy) is 2. The van der Waals surface area contributed by atoms with Crippen molar-refractivity contribution in [2.45, 2.75) is 12.8 Å². The molecule has 0 saturated carbocycles. The molecule has 1 heterocycles. The Kier molecular flexibility index (Phi) is 4.87. The van der Waals surface area contributed by atoms with Crippen molar-refractivity contribution in [3.8, 4) is 11.5 Å². The lowest BCUT2D eigenvalue weighted by atomic mass is 10.1. The topological polar surface area (TPSA) is 80.2 Å². The number of hydrogen-bond donors (Lipinski definition) is 1. The zero-order chi connectivity index (χ0) is 16.3. The Morgan fingerprint density at radius 1 is 1.27 bits per heavy atom. The molecule has 0 bridgehead atoms. The second-order valence-electron chi connectivity index (χ2n) is 4.61. The molecule has 0 atom stereocenters. The Morgan fingerprint density at radius 3 is 2.55 bits per heavy atom. The molecule has 0 fully saturated rings. The number of halogens is 1. The number of anilines is 1. The molecule has 2 rings (SSSR count). The lowest BCUT2D eigenvalue weighted by Gasteiger charge is -2.19. The van der Waals surface area contributed by atoms with E-state index in [0.29, 0.717) is 28.6 Å². The Bertz CT molecular complexity index is 645. The quantitative estimate of drug-likeness (QED) is 0.917. The molecule has 7 nitrogen and oxygen atoms in total. The molecule has 2 amide bonds. The fourth-order valence-corrected chi connectivity index (χ4v) is 2.22. The number of hydrogen-bond acceptors (Lipinski definition) is 5. The first-order valence-electron chi connectivity index (χ1n) is 6.53. The molecule has 1 N–H and O–H groups in total. The fourth-order valence-electron chi connectivity index (χ4n) is 1.99. The second-order valence-corrected chi connectivity index (χ2v) is 5.01. The van der Waals surface area contributed by atoms with E-state index in [1.54, 1.807) is 12.1 Å². The molecule has 8 heteroatoms. The van der Waals surface area contributed by atoms with Crippen molar-refractivity contribution in [1.82, 2.24) is 5.01 Å². The van der Waals surface area contributed by atoms with Crippen molar-refractivity contribution >= 4 is 34.8 Å². The van der Waals surface area contributed by atoms with E-state index in [1.165, 1.54) is 21.3 Å². The van der Waals surface area contributed by atoms with Gasteiger partial charge in [-0.05, 0) is 0 Å². The van der Waals surface area contributed by atoms with E-state index < -0.39 is 5.91 Å². The van der Waals surface area contributed by atoms with E-state index in [-0.39, 0.29) is 18.0 Å². The normalized spacial score (nSPS) is 14.5. The summed E-state index contributed by atoms with van der Waals surface area (Å²) in [6.07, 6.45) is 0.547. The van der Waals surface area contributed by atoms with E-state index in [4.69, 9.17) is 21.1 Å². The number of carbonyl (C=O) groups is 2. The third-order valence-electron chi connectivity index (χ3n) is 3.19. The van der Waals surface area contributed by atoms with Gasteiger partial charge in [0.2, 0.25) is 5.91 Å². The summed E-state index contributed by atoms with van der Waals surface area (Å²) in [6, 6.07) is 3.12. The largest absolute Gasteiger partial charge is 0.495 e. The lowest BCUT2D eigenvalue weighted by Crippen LogP contribution is -2.34. The maximum absolute atomic E-state index is 12.3. The minimum Gasteiger partial charge on any atom is -0.495 e. The molecule has 0 spiro atoms. The van der Waals surface area contributed by atoms with Crippen LogP contribution in [0, 0.1) is 0 Å². The highest BCUT2D eigenvalue weighted by atomic mass is 35.5. The van der Waals surface area contributed by atoms with Gasteiger partial charge in [-0.15, -0.1) is 0 Å². The number of rotatable bonds is 4. The Labute approximate surface area is 132 Å². The van der Waals surface area contributed by atoms with Crippen molar-refractivity contribution in [2.24, 2.45) is 5.10 Å². The van der Waals surface area contributed by atoms with Gasteiger partial charge in [-0.25, -0.2) is 5.01 Å². The van der Waals surface area contributed by atoms with Crippen LogP contribution in [0.4, 0.5) is 5.69 Å². The van der Waals surface area contributed by atoms with Gasteiger partial charge in [0.15, 0.2) is 0 Å². The van der Waals surface area contributed by atoms with Crippen molar-refractivity contribution in [3.05, 3.63) is 17.2 Å². The molecule has 0 saturated heterocycles. The highest BCUT2D eigenvalue weighted by molar-refractivity contribution is 6.43. The van der Waals surface area contributed by atoms with Gasteiger partial charge < -0.3 is 14.8 Å². The van der Waals surface area contributed by atoms with Crippen LogP contribution in [-0.2, 0) is 9.59 Å². The Hall–Kier alpha value is -2.28. The van der Waals surface area contributed by atoms with Crippen molar-refractivity contribution < 1.29 is 19.1 Å². The zero-order valence-corrected chi connectivity index (χ0v) is 13.2. The van der Waals surface area contributed by atoms with Crippen LogP contribution in [0.1, 0.15) is 12.8 Å². The Balaban J connectivity index is 2.25. The number of amides is 2. The molecule has 1 aliphatic rings. The third-order valence-corrected chi connectivity index (χ3v) is 3.49. The molecule has 0 unspecified atom stereocenters. The Morgan fingerprint density at radius 2 is 1.95 bits per heavy atom. The first-order valence-corrected chi connectivity index (χ1v) is 6.91. The van der Waals surface area contributed by atoms with E-state index in [2.05, 4.69) is 10.4 Å². The minimum atomic E-state index is -0.401. The smallest absolute Gasteiger partial charge is 0.271 e. The van der Waals surface area contributed by atoms with Crippen molar-refractivity contribution in [1.29, 1.82) is 0 Å². The monoisotopic (exact) mass is 325 g/mol. The van der Waals surface area contributed by atoms with Gasteiger partial charge in [-0.3, -0.25) is 9.59 Å². The van der Waals surface area contributed by atoms with Crippen LogP contribution in [-0.4, -0.2) is 43.8 Å². The number of carbonyl (C=O) groups excluding carboxylic acids is 2. The van der Waals surface area contributed by atoms with Gasteiger partial charge in [0, 0.05) is 32.0 Å². The summed E-state index contributed by atoms with van der Waals surface area (Å²) in [5.74, 6) is 0.292. The predicted molar refractivity (Wildman–Crippen MR) is 82.6 cm³/mol. The molecular formula is C14H16ClN3O4. The first kappa shape index (κ1) is 16.1. The van der Waals surface area contributed by atoms with Crippen LogP contribution in [0.2, 0.25) is 5.02 Å². The van der Waals surface area contributed by atoms with Gasteiger partial charge in [0.25, 0.3) is 5.91 Å². The number of nitrogens with zero attached hydrogens (tertiary/aromatic N) is 2. The predicted octanol–water partition coefficient (Wildman–Crippen LogP) is 1.90. The summed E-state index contributed by atoms with van der Waals surface area (Å²) < 4.78 is 10.3. The average molecular weight is 326 g/mol. The van der Waals surface area contributed by atoms with Crippen LogP contribution < -0.4 is 14.8 Å². The van der Waals surface area contributed by atoms with Gasteiger partial charge in [0.05, 0.1) is 24.9 Å². The molecular weight excluding hydrogens is 310 g/mol. The summed E-state index contributed by atoms with van der Waals surface area (Å²) in [4.78, 5) is 23.6. The number of benzene rings is 1. The third kappa shape index (κ3) is 3.30. The van der Waals surface area contributed by atoms with Crippen LogP contribution in [0.15, 0.2) is 17.2 Å². The van der Waals surface area contributed by atoms with Crippen LogP contribution in [0.25, 0.3) is 0 Å². The fraction of sp³-hybridized carbons (Fsp3) is 0.357. The summed E-state index contributed by atoms with van der Waals surface area (Å²) in [5, 5.41) is 8.20. The molecule has 1 aliphatic heterocycles. The molecule has 118 valence electrons. The van der Waals surface area contributed by atoms with Gasteiger partial charge in [-0.2, -0.15) is 5.10 Å². The van der Waals surface area contributed by atoms with Gasteiger partial charge in [-0.1, -0.05) is 11.6 Å². The first-order chi connectivity index (χ1) is 10.5. The maximum atomic E-state index is 12.3. The molecule has 0 aliphatic carbocycles. The molecule has 0 aromatic heterocycles. The SMILES string of the molecule is COc1cc(NC(=O)C2=NN(C)C(=O)CC2)c(OC)cc1Cl. The van der Waals surface area contributed by atoms with E-state index >= 15 is 0 Å². The zero-order valence-electron chi connectivity index (χ0n) is 12.5. The maximum Gasteiger partial charge on any atom is 0.271 e. The number of nitrogens with one attached hydrogen (secondary N) is 1. The van der Waals surface area contributed by atoms with E-state index in [9.17, 15) is 9.59 Å². The van der Waals surface area contributed by atoms with Gasteiger partial charge >= 0.3 is 0 Å². The van der Waals surface area contributed by atoms with Crippen molar-refractivity contribution in [2.75, 3.05) is 26.6 Å². The minimum absolute atomic E-state index is 0.123. The molecule has 1 aromatic rings. The van der Waals surface area contributed by atoms with Crippen LogP contribution >= 0.6 is 11.6 Å². The summed E-state index contributed by atoms with van der Waals surface area (Å²) in [7, 11) is 4.46. The summed E-state index contributed by atoms with van der Waals surface area (Å²) >= 11 is 6.02. The van der Waals surface area contributed by atoms with Gasteiger partial charge in [0.1, 0.15) is 17.2 Å². The molecule has 1 aromatic carbocycles. The molecule has 0 radical (unpaired) electrons. The van der Waals surface area contributed by atoms with E-state index in [1.807, 2.05) is 0 Å². The number of hydrazone groups is 1. The van der Waals surface area contributed by atoms with Crippen LogP contribution in [0.5, 0.6) is 11.5 Å². The lowest BCUT2D eigenvalue weighted by molar-refractivity contribution is -0.130. The van der Waals surface area contributed by atoms with Crippen LogP contribution in [0.3, 0.4) is 0 Å².